The van der Waals surface area contributed by atoms with Crippen molar-refractivity contribution < 1.29 is 14.4 Å². The molecule has 0 bridgehead atoms. The van der Waals surface area contributed by atoms with Crippen molar-refractivity contribution in [3.8, 4) is 0 Å². The minimum absolute atomic E-state index is 0.0189. The zero-order valence-electron chi connectivity index (χ0n) is 12.1. The van der Waals surface area contributed by atoms with Crippen molar-refractivity contribution in [2.75, 3.05) is 6.54 Å². The van der Waals surface area contributed by atoms with E-state index in [1.807, 2.05) is 6.92 Å². The van der Waals surface area contributed by atoms with Crippen LogP contribution in [-0.4, -0.2) is 35.0 Å². The summed E-state index contributed by atoms with van der Waals surface area (Å²) in [4.78, 5) is 37.2. The zero-order valence-corrected chi connectivity index (χ0v) is 12.1. The Morgan fingerprint density at radius 1 is 1.15 bits per heavy atom. The molecule has 1 aliphatic heterocycles. The summed E-state index contributed by atoms with van der Waals surface area (Å²) in [7, 11) is 0. The molecule has 2 rings (SSSR count). The second-order valence-electron chi connectivity index (χ2n) is 5.56. The lowest BCUT2D eigenvalue weighted by Gasteiger charge is -2.22. The Morgan fingerprint density at radius 3 is 2.40 bits per heavy atom. The summed E-state index contributed by atoms with van der Waals surface area (Å²) in [6.07, 6.45) is 0.716. The Balaban J connectivity index is 2.28. The Labute approximate surface area is 118 Å². The molecule has 1 aliphatic rings. The highest BCUT2D eigenvalue weighted by Crippen LogP contribution is 2.25. The molecule has 1 amide bonds. The average Bonchev–Trinajstić information content (AvgIpc) is 2.80. The number of benzene rings is 1. The first-order chi connectivity index (χ1) is 9.40. The van der Waals surface area contributed by atoms with Crippen molar-refractivity contribution in [3.05, 3.63) is 35.4 Å². The lowest BCUT2D eigenvalue weighted by molar-refractivity contribution is -0.120. The Morgan fingerprint density at radius 2 is 1.80 bits per heavy atom. The van der Waals surface area contributed by atoms with E-state index in [1.165, 1.54) is 13.8 Å². The molecule has 1 aromatic carbocycles. The molecule has 1 saturated heterocycles. The molecule has 1 fully saturated rings. The fourth-order valence-electron chi connectivity index (χ4n) is 2.69. The molecular weight excluding hydrogens is 254 g/mol. The molecule has 0 saturated carbocycles. The van der Waals surface area contributed by atoms with Crippen LogP contribution < -0.4 is 0 Å². The van der Waals surface area contributed by atoms with Crippen molar-refractivity contribution in [1.29, 1.82) is 0 Å². The first-order valence-electron chi connectivity index (χ1n) is 6.82. The average molecular weight is 273 g/mol. The van der Waals surface area contributed by atoms with Crippen molar-refractivity contribution in [3.63, 3.8) is 0 Å². The summed E-state index contributed by atoms with van der Waals surface area (Å²) in [6, 6.07) is 6.35. The second-order valence-corrected chi connectivity index (χ2v) is 5.56. The largest absolute Gasteiger partial charge is 0.328 e. The van der Waals surface area contributed by atoms with Crippen LogP contribution in [0.5, 0.6) is 0 Å². The predicted octanol–water partition coefficient (Wildman–Crippen LogP) is 2.33. The van der Waals surface area contributed by atoms with Gasteiger partial charge in [0.25, 0.3) is 5.91 Å². The summed E-state index contributed by atoms with van der Waals surface area (Å²) < 4.78 is 0. The van der Waals surface area contributed by atoms with Crippen LogP contribution in [0.15, 0.2) is 24.3 Å². The molecule has 2 atom stereocenters. The van der Waals surface area contributed by atoms with Gasteiger partial charge in [-0.25, -0.2) is 0 Å². The quantitative estimate of drug-likeness (QED) is 0.794. The van der Waals surface area contributed by atoms with Gasteiger partial charge in [-0.3, -0.25) is 14.4 Å². The molecule has 0 aromatic heterocycles. The van der Waals surface area contributed by atoms with Crippen molar-refractivity contribution in [2.24, 2.45) is 5.92 Å². The molecule has 4 heteroatoms. The maximum atomic E-state index is 12.5. The van der Waals surface area contributed by atoms with Gasteiger partial charge in [-0.1, -0.05) is 19.1 Å². The topological polar surface area (TPSA) is 54.5 Å². The SMILES string of the molecule is CC(=O)c1cccc(C(=O)N2CC(C)CC2C(C)=O)c1. The molecule has 0 aliphatic carbocycles. The third-order valence-corrected chi connectivity index (χ3v) is 3.76. The monoisotopic (exact) mass is 273 g/mol. The van der Waals surface area contributed by atoms with Gasteiger partial charge in [0.05, 0.1) is 6.04 Å². The highest BCUT2D eigenvalue weighted by molar-refractivity contribution is 6.01. The van der Waals surface area contributed by atoms with Gasteiger partial charge in [-0.2, -0.15) is 0 Å². The highest BCUT2D eigenvalue weighted by atomic mass is 16.2. The summed E-state index contributed by atoms with van der Waals surface area (Å²) in [5, 5.41) is 0. The number of likely N-dealkylation sites (tertiary alicyclic amines) is 1. The zero-order chi connectivity index (χ0) is 14.9. The van der Waals surface area contributed by atoms with Gasteiger partial charge >= 0.3 is 0 Å². The van der Waals surface area contributed by atoms with E-state index < -0.39 is 0 Å². The van der Waals surface area contributed by atoms with E-state index in [2.05, 4.69) is 0 Å². The molecule has 1 heterocycles. The number of hydrogen-bond donors (Lipinski definition) is 0. The van der Waals surface area contributed by atoms with E-state index in [0.29, 0.717) is 30.0 Å². The Bertz CT molecular complexity index is 565. The van der Waals surface area contributed by atoms with Gasteiger partial charge in [-0.05, 0) is 38.3 Å². The third kappa shape index (κ3) is 2.79. The molecule has 4 nitrogen and oxygen atoms in total. The minimum atomic E-state index is -0.335. The molecule has 0 spiro atoms. The van der Waals surface area contributed by atoms with Gasteiger partial charge in [-0.15, -0.1) is 0 Å². The summed E-state index contributed by atoms with van der Waals surface area (Å²) in [5.41, 5.74) is 0.987. The van der Waals surface area contributed by atoms with Crippen LogP contribution in [0, 0.1) is 5.92 Å². The van der Waals surface area contributed by atoms with Gasteiger partial charge < -0.3 is 4.90 Å². The molecule has 2 unspecified atom stereocenters. The van der Waals surface area contributed by atoms with Crippen molar-refractivity contribution >= 4 is 17.5 Å². The van der Waals surface area contributed by atoms with Crippen molar-refractivity contribution in [2.45, 2.75) is 33.2 Å². The standard InChI is InChI=1S/C16H19NO3/c1-10-7-15(12(3)19)17(9-10)16(20)14-6-4-5-13(8-14)11(2)18/h4-6,8,10,15H,7,9H2,1-3H3. The summed E-state index contributed by atoms with van der Waals surface area (Å²) in [6.45, 7) is 5.62. The van der Waals surface area contributed by atoms with Crippen LogP contribution in [0.25, 0.3) is 0 Å². The number of nitrogens with zero attached hydrogens (tertiary/aromatic N) is 1. The molecule has 0 radical (unpaired) electrons. The first-order valence-corrected chi connectivity index (χ1v) is 6.82. The lowest BCUT2D eigenvalue weighted by Crippen LogP contribution is -2.39. The van der Waals surface area contributed by atoms with E-state index in [1.54, 1.807) is 29.2 Å². The van der Waals surface area contributed by atoms with Crippen LogP contribution in [-0.2, 0) is 4.79 Å². The normalized spacial score (nSPS) is 21.9. The summed E-state index contributed by atoms with van der Waals surface area (Å²) >= 11 is 0. The number of carbonyl (C=O) groups excluding carboxylic acids is 3. The second kappa shape index (κ2) is 5.57. The maximum absolute atomic E-state index is 12.5. The van der Waals surface area contributed by atoms with E-state index in [0.717, 1.165) is 0 Å². The molecule has 106 valence electrons. The Hall–Kier alpha value is -1.97. The number of hydrogen-bond acceptors (Lipinski definition) is 3. The number of carbonyl (C=O) groups is 3. The van der Waals surface area contributed by atoms with Crippen LogP contribution in [0.4, 0.5) is 0 Å². The van der Waals surface area contributed by atoms with Gasteiger partial charge in [0.1, 0.15) is 0 Å². The minimum Gasteiger partial charge on any atom is -0.328 e. The fourth-order valence-corrected chi connectivity index (χ4v) is 2.69. The summed E-state index contributed by atoms with van der Waals surface area (Å²) in [5.74, 6) is 0.101. The third-order valence-electron chi connectivity index (χ3n) is 3.76. The molecular formula is C16H19NO3. The smallest absolute Gasteiger partial charge is 0.254 e. The molecule has 0 N–H and O–H groups in total. The Kier molecular flexibility index (Phi) is 4.02. The maximum Gasteiger partial charge on any atom is 0.254 e. The van der Waals surface area contributed by atoms with Crippen LogP contribution >= 0.6 is 0 Å². The van der Waals surface area contributed by atoms with Crippen molar-refractivity contribution in [1.82, 2.24) is 4.90 Å². The fraction of sp³-hybridized carbons (Fsp3) is 0.438. The van der Waals surface area contributed by atoms with E-state index in [4.69, 9.17) is 0 Å². The van der Waals surface area contributed by atoms with Crippen LogP contribution in [0.1, 0.15) is 47.9 Å². The van der Waals surface area contributed by atoms with Gasteiger partial charge in [0.15, 0.2) is 11.6 Å². The first kappa shape index (κ1) is 14.4. The molecule has 20 heavy (non-hydrogen) atoms. The highest BCUT2D eigenvalue weighted by Gasteiger charge is 2.36. The van der Waals surface area contributed by atoms with E-state index >= 15 is 0 Å². The van der Waals surface area contributed by atoms with E-state index in [9.17, 15) is 14.4 Å². The lowest BCUT2D eigenvalue weighted by atomic mass is 10.0. The van der Waals surface area contributed by atoms with Crippen LogP contribution in [0.2, 0.25) is 0 Å². The predicted molar refractivity (Wildman–Crippen MR) is 75.7 cm³/mol. The molecule has 1 aromatic rings. The van der Waals surface area contributed by atoms with Crippen LogP contribution in [0.3, 0.4) is 0 Å². The van der Waals surface area contributed by atoms with Gasteiger partial charge in [0, 0.05) is 17.7 Å². The van der Waals surface area contributed by atoms with Gasteiger partial charge in [0.2, 0.25) is 0 Å². The number of ketones is 2. The number of rotatable bonds is 3. The van der Waals surface area contributed by atoms with E-state index in [-0.39, 0.29) is 23.5 Å². The number of amides is 1. The number of Topliss-reactive ketones (excluding diaryl/α,β-unsaturated/α-hetero) is 2.